The van der Waals surface area contributed by atoms with E-state index < -0.39 is 5.97 Å². The molecule has 0 radical (unpaired) electrons. The fourth-order valence-corrected chi connectivity index (χ4v) is 1.62. The number of allylic oxidation sites excluding steroid dienone is 2. The Hall–Kier alpha value is -2.36. The van der Waals surface area contributed by atoms with Gasteiger partial charge in [0.2, 0.25) is 0 Å². The fraction of sp³-hybridized carbons (Fsp3) is 0.294. The predicted octanol–water partition coefficient (Wildman–Crippen LogP) is 3.60. The van der Waals surface area contributed by atoms with Crippen LogP contribution in [-0.2, 0) is 9.53 Å². The lowest BCUT2D eigenvalue weighted by Crippen LogP contribution is -2.05. The average Bonchev–Trinajstić information content (AvgIpc) is 2.47. The van der Waals surface area contributed by atoms with Crippen molar-refractivity contribution < 1.29 is 19.4 Å². The van der Waals surface area contributed by atoms with Gasteiger partial charge in [0.05, 0.1) is 5.56 Å². The zero-order chi connectivity index (χ0) is 15.7. The number of hydrogen-bond acceptors (Lipinski definition) is 3. The highest BCUT2D eigenvalue weighted by molar-refractivity contribution is 5.89. The number of carboxylic acid groups (broad SMARTS) is 1. The van der Waals surface area contributed by atoms with Crippen molar-refractivity contribution in [3.05, 3.63) is 59.2 Å². The maximum Gasteiger partial charge on any atom is 0.338 e. The molecule has 0 heterocycles. The van der Waals surface area contributed by atoms with E-state index in [1.54, 1.807) is 37.3 Å². The lowest BCUT2D eigenvalue weighted by Gasteiger charge is -2.03. The summed E-state index contributed by atoms with van der Waals surface area (Å²) in [7, 11) is 0. The van der Waals surface area contributed by atoms with E-state index in [1.165, 1.54) is 0 Å². The quantitative estimate of drug-likeness (QED) is 0.473. The highest BCUT2D eigenvalue weighted by Crippen LogP contribution is 2.07. The SMILES string of the molecule is C/C(=C\COC(=O)c1ccccc1)CC/C=C(\C)C(=O)O. The number of hydrogen-bond donors (Lipinski definition) is 1. The van der Waals surface area contributed by atoms with Crippen LogP contribution in [0.3, 0.4) is 0 Å². The highest BCUT2D eigenvalue weighted by Gasteiger charge is 2.04. The van der Waals surface area contributed by atoms with Crippen LogP contribution in [0.15, 0.2) is 53.6 Å². The van der Waals surface area contributed by atoms with Crippen molar-refractivity contribution in [2.75, 3.05) is 6.61 Å². The number of rotatable bonds is 7. The average molecular weight is 288 g/mol. The van der Waals surface area contributed by atoms with E-state index in [0.29, 0.717) is 17.6 Å². The second kappa shape index (κ2) is 8.74. The largest absolute Gasteiger partial charge is 0.478 e. The van der Waals surface area contributed by atoms with Crippen LogP contribution in [0, 0.1) is 0 Å². The molecule has 0 aliphatic carbocycles. The summed E-state index contributed by atoms with van der Waals surface area (Å²) >= 11 is 0. The molecule has 4 heteroatoms. The maximum absolute atomic E-state index is 11.7. The minimum absolute atomic E-state index is 0.223. The summed E-state index contributed by atoms with van der Waals surface area (Å²) in [5.74, 6) is -1.24. The summed E-state index contributed by atoms with van der Waals surface area (Å²) in [6.07, 6.45) is 4.93. The topological polar surface area (TPSA) is 63.6 Å². The van der Waals surface area contributed by atoms with Gasteiger partial charge in [0.1, 0.15) is 6.61 Å². The highest BCUT2D eigenvalue weighted by atomic mass is 16.5. The smallest absolute Gasteiger partial charge is 0.338 e. The molecule has 4 nitrogen and oxygen atoms in total. The van der Waals surface area contributed by atoms with Crippen LogP contribution in [0.5, 0.6) is 0 Å². The van der Waals surface area contributed by atoms with E-state index in [-0.39, 0.29) is 12.6 Å². The van der Waals surface area contributed by atoms with Crippen molar-refractivity contribution in [2.45, 2.75) is 26.7 Å². The molecule has 0 saturated carbocycles. The standard InChI is InChI=1S/C17H20O4/c1-13(7-6-8-14(2)16(18)19)11-12-21-17(20)15-9-4-3-5-10-15/h3-5,8-11H,6-7,12H2,1-2H3,(H,18,19)/b13-11+,14-8+. The Morgan fingerprint density at radius 3 is 2.43 bits per heavy atom. The van der Waals surface area contributed by atoms with Gasteiger partial charge in [-0.05, 0) is 44.9 Å². The first-order valence-electron chi connectivity index (χ1n) is 6.78. The van der Waals surface area contributed by atoms with Crippen LogP contribution in [0.4, 0.5) is 0 Å². The van der Waals surface area contributed by atoms with Gasteiger partial charge in [-0.2, -0.15) is 0 Å². The molecule has 0 amide bonds. The number of benzene rings is 1. The Morgan fingerprint density at radius 1 is 1.14 bits per heavy atom. The fourth-order valence-electron chi connectivity index (χ4n) is 1.62. The lowest BCUT2D eigenvalue weighted by molar-refractivity contribution is -0.132. The van der Waals surface area contributed by atoms with Crippen molar-refractivity contribution in [1.29, 1.82) is 0 Å². The van der Waals surface area contributed by atoms with Crippen molar-refractivity contribution in [3.63, 3.8) is 0 Å². The van der Waals surface area contributed by atoms with Crippen LogP contribution in [-0.4, -0.2) is 23.7 Å². The predicted molar refractivity (Wildman–Crippen MR) is 81.1 cm³/mol. The lowest BCUT2D eigenvalue weighted by atomic mass is 10.1. The van der Waals surface area contributed by atoms with E-state index in [0.717, 1.165) is 12.0 Å². The molecule has 21 heavy (non-hydrogen) atoms. The monoisotopic (exact) mass is 288 g/mol. The third-order valence-electron chi connectivity index (χ3n) is 2.98. The number of carbonyl (C=O) groups is 2. The first kappa shape index (κ1) is 16.7. The molecule has 0 aliphatic heterocycles. The first-order valence-corrected chi connectivity index (χ1v) is 6.78. The Morgan fingerprint density at radius 2 is 1.81 bits per heavy atom. The van der Waals surface area contributed by atoms with Crippen LogP contribution < -0.4 is 0 Å². The number of carbonyl (C=O) groups excluding carboxylic acids is 1. The second-order valence-corrected chi connectivity index (χ2v) is 4.75. The van der Waals surface area contributed by atoms with Gasteiger partial charge in [0.25, 0.3) is 0 Å². The molecule has 1 N–H and O–H groups in total. The molecule has 0 saturated heterocycles. The molecule has 0 aliphatic rings. The molecule has 0 fully saturated rings. The van der Waals surface area contributed by atoms with Crippen molar-refractivity contribution >= 4 is 11.9 Å². The van der Waals surface area contributed by atoms with Gasteiger partial charge in [-0.15, -0.1) is 0 Å². The van der Waals surface area contributed by atoms with Crippen LogP contribution in [0.25, 0.3) is 0 Å². The molecular weight excluding hydrogens is 268 g/mol. The van der Waals surface area contributed by atoms with Gasteiger partial charge >= 0.3 is 11.9 Å². The normalized spacial score (nSPS) is 12.1. The summed E-state index contributed by atoms with van der Waals surface area (Å²) in [5.41, 5.74) is 1.94. The van der Waals surface area contributed by atoms with Crippen LogP contribution in [0.1, 0.15) is 37.0 Å². The second-order valence-electron chi connectivity index (χ2n) is 4.75. The van der Waals surface area contributed by atoms with Gasteiger partial charge in [-0.1, -0.05) is 29.8 Å². The van der Waals surface area contributed by atoms with Gasteiger partial charge in [0, 0.05) is 5.57 Å². The van der Waals surface area contributed by atoms with Gasteiger partial charge < -0.3 is 9.84 Å². The summed E-state index contributed by atoms with van der Waals surface area (Å²) in [6, 6.07) is 8.83. The van der Waals surface area contributed by atoms with Crippen molar-refractivity contribution in [3.8, 4) is 0 Å². The minimum Gasteiger partial charge on any atom is -0.478 e. The van der Waals surface area contributed by atoms with E-state index in [4.69, 9.17) is 9.84 Å². The van der Waals surface area contributed by atoms with E-state index in [2.05, 4.69) is 0 Å². The van der Waals surface area contributed by atoms with Gasteiger partial charge in [-0.25, -0.2) is 9.59 Å². The summed E-state index contributed by atoms with van der Waals surface area (Å²) in [6.45, 7) is 3.73. The zero-order valence-electron chi connectivity index (χ0n) is 12.3. The molecular formula is C17H20O4. The number of ether oxygens (including phenoxy) is 1. The summed E-state index contributed by atoms with van der Waals surface area (Å²) in [5, 5.41) is 8.72. The minimum atomic E-state index is -0.895. The molecule has 112 valence electrons. The van der Waals surface area contributed by atoms with Gasteiger partial charge in [0.15, 0.2) is 0 Å². The molecule has 0 unspecified atom stereocenters. The van der Waals surface area contributed by atoms with E-state index in [9.17, 15) is 9.59 Å². The Labute approximate surface area is 124 Å². The molecule has 1 aromatic rings. The Balaban J connectivity index is 2.34. The molecule has 1 aromatic carbocycles. The Kier molecular flexibility index (Phi) is 6.95. The van der Waals surface area contributed by atoms with E-state index in [1.807, 2.05) is 19.1 Å². The summed E-state index contributed by atoms with van der Waals surface area (Å²) in [4.78, 5) is 22.3. The van der Waals surface area contributed by atoms with E-state index >= 15 is 0 Å². The van der Waals surface area contributed by atoms with Crippen molar-refractivity contribution in [2.24, 2.45) is 0 Å². The molecule has 0 spiro atoms. The molecule has 0 aromatic heterocycles. The number of aliphatic carboxylic acids is 1. The zero-order valence-corrected chi connectivity index (χ0v) is 12.3. The molecule has 1 rings (SSSR count). The van der Waals surface area contributed by atoms with Crippen LogP contribution in [0.2, 0.25) is 0 Å². The third-order valence-corrected chi connectivity index (χ3v) is 2.98. The van der Waals surface area contributed by atoms with Crippen LogP contribution >= 0.6 is 0 Å². The molecule has 0 atom stereocenters. The maximum atomic E-state index is 11.7. The van der Waals surface area contributed by atoms with Gasteiger partial charge in [-0.3, -0.25) is 0 Å². The Bertz CT molecular complexity index is 541. The first-order chi connectivity index (χ1) is 10.0. The summed E-state index contributed by atoms with van der Waals surface area (Å²) < 4.78 is 5.14. The third kappa shape index (κ3) is 6.56. The van der Waals surface area contributed by atoms with Crippen molar-refractivity contribution in [1.82, 2.24) is 0 Å². The number of carboxylic acids is 1. The number of esters is 1. The molecule has 0 bridgehead atoms.